The lowest BCUT2D eigenvalue weighted by Gasteiger charge is -2.33. The van der Waals surface area contributed by atoms with Crippen LogP contribution in [-0.2, 0) is 0 Å². The number of fused-ring (bicyclic) bond motifs is 1. The molecule has 1 saturated heterocycles. The number of nitrogens with zero attached hydrogens (tertiary/aromatic N) is 2. The van der Waals surface area contributed by atoms with Gasteiger partial charge in [0.2, 0.25) is 0 Å². The van der Waals surface area contributed by atoms with Crippen molar-refractivity contribution in [2.75, 3.05) is 19.6 Å². The Balaban J connectivity index is 1.85. The number of likely N-dealkylation sites (tertiary alicyclic amines) is 1. The van der Waals surface area contributed by atoms with E-state index in [1.165, 1.54) is 37.0 Å². The summed E-state index contributed by atoms with van der Waals surface area (Å²) in [6.45, 7) is 2.71. The van der Waals surface area contributed by atoms with Gasteiger partial charge in [0, 0.05) is 34.9 Å². The van der Waals surface area contributed by atoms with Gasteiger partial charge in [0.1, 0.15) is 5.82 Å². The number of aromatic nitrogens is 1. The highest BCUT2D eigenvalue weighted by molar-refractivity contribution is 6.31. The molecule has 0 aliphatic carbocycles. The number of hydrogen-bond donors (Lipinski definition) is 1. The summed E-state index contributed by atoms with van der Waals surface area (Å²) in [5.74, 6) is -0.235. The highest BCUT2D eigenvalue weighted by Gasteiger charge is 2.25. The summed E-state index contributed by atoms with van der Waals surface area (Å²) in [4.78, 5) is 2.48. The quantitative estimate of drug-likeness (QED) is 0.707. The molecule has 0 amide bonds. The first-order valence-corrected chi connectivity index (χ1v) is 9.56. The third-order valence-corrected chi connectivity index (χ3v) is 5.55. The summed E-state index contributed by atoms with van der Waals surface area (Å²) in [5.41, 5.74) is 9.38. The van der Waals surface area contributed by atoms with Crippen molar-refractivity contribution >= 4 is 22.5 Å². The van der Waals surface area contributed by atoms with Gasteiger partial charge in [0.15, 0.2) is 0 Å². The molecule has 1 aliphatic heterocycles. The molecule has 1 unspecified atom stereocenters. The van der Waals surface area contributed by atoms with E-state index in [1.807, 2.05) is 18.2 Å². The van der Waals surface area contributed by atoms with Crippen molar-refractivity contribution in [3.8, 4) is 5.69 Å². The van der Waals surface area contributed by atoms with E-state index in [9.17, 15) is 4.39 Å². The van der Waals surface area contributed by atoms with E-state index in [2.05, 4.69) is 15.7 Å². The maximum atomic E-state index is 13.4. The van der Waals surface area contributed by atoms with Crippen molar-refractivity contribution in [2.45, 2.75) is 25.3 Å². The van der Waals surface area contributed by atoms with Gasteiger partial charge >= 0.3 is 0 Å². The number of benzene rings is 2. The lowest BCUT2D eigenvalue weighted by molar-refractivity contribution is 0.168. The molecule has 2 aromatic carbocycles. The van der Waals surface area contributed by atoms with E-state index in [0.29, 0.717) is 11.6 Å². The van der Waals surface area contributed by atoms with Crippen LogP contribution in [-0.4, -0.2) is 29.1 Å². The van der Waals surface area contributed by atoms with Crippen LogP contribution in [0, 0.1) is 5.82 Å². The molecule has 2 N–H and O–H groups in total. The summed E-state index contributed by atoms with van der Waals surface area (Å²) in [6, 6.07) is 12.7. The van der Waals surface area contributed by atoms with Crippen molar-refractivity contribution in [1.29, 1.82) is 0 Å². The Bertz CT molecular complexity index is 898. The highest BCUT2D eigenvalue weighted by Crippen LogP contribution is 2.34. The van der Waals surface area contributed by atoms with Crippen LogP contribution in [0.2, 0.25) is 5.02 Å². The molecular weight excluding hydrogens is 349 g/mol. The van der Waals surface area contributed by atoms with E-state index in [-0.39, 0.29) is 11.9 Å². The fourth-order valence-corrected chi connectivity index (χ4v) is 4.18. The summed E-state index contributed by atoms with van der Waals surface area (Å²) in [7, 11) is 0. The van der Waals surface area contributed by atoms with Gasteiger partial charge in [-0.3, -0.25) is 4.90 Å². The van der Waals surface area contributed by atoms with Crippen LogP contribution in [0.5, 0.6) is 0 Å². The molecule has 5 heteroatoms. The Morgan fingerprint density at radius 1 is 1.04 bits per heavy atom. The summed E-state index contributed by atoms with van der Waals surface area (Å²) >= 11 is 6.30. The Morgan fingerprint density at radius 3 is 2.46 bits per heavy atom. The predicted molar refractivity (Wildman–Crippen MR) is 105 cm³/mol. The maximum absolute atomic E-state index is 13.4. The van der Waals surface area contributed by atoms with Gasteiger partial charge in [-0.15, -0.1) is 0 Å². The summed E-state index contributed by atoms with van der Waals surface area (Å²) in [6.07, 6.45) is 5.86. The number of halogens is 2. The van der Waals surface area contributed by atoms with Crippen LogP contribution in [0.25, 0.3) is 16.6 Å². The second-order valence-electron chi connectivity index (χ2n) is 6.94. The zero-order valence-electron chi connectivity index (χ0n) is 14.7. The normalized spacial score (nSPS) is 16.9. The van der Waals surface area contributed by atoms with E-state index in [4.69, 9.17) is 17.3 Å². The summed E-state index contributed by atoms with van der Waals surface area (Å²) in [5, 5.41) is 1.83. The Morgan fingerprint density at radius 2 is 1.77 bits per heavy atom. The van der Waals surface area contributed by atoms with Gasteiger partial charge in [0.25, 0.3) is 0 Å². The molecule has 1 fully saturated rings. The predicted octanol–water partition coefficient (Wildman–Crippen LogP) is 4.91. The fourth-order valence-electron chi connectivity index (χ4n) is 4.01. The zero-order chi connectivity index (χ0) is 18.1. The second-order valence-corrected chi connectivity index (χ2v) is 7.38. The van der Waals surface area contributed by atoms with Crippen LogP contribution >= 0.6 is 11.6 Å². The highest BCUT2D eigenvalue weighted by atomic mass is 35.5. The topological polar surface area (TPSA) is 34.2 Å². The number of rotatable bonds is 4. The number of piperidine rings is 1. The Hall–Kier alpha value is -1.88. The molecule has 0 saturated carbocycles. The zero-order valence-corrected chi connectivity index (χ0v) is 15.4. The second kappa shape index (κ2) is 7.39. The van der Waals surface area contributed by atoms with Gasteiger partial charge in [-0.25, -0.2) is 4.39 Å². The monoisotopic (exact) mass is 371 g/mol. The maximum Gasteiger partial charge on any atom is 0.123 e. The van der Waals surface area contributed by atoms with Crippen LogP contribution in [0.1, 0.15) is 30.9 Å². The van der Waals surface area contributed by atoms with Crippen LogP contribution < -0.4 is 5.73 Å². The molecule has 2 heterocycles. The molecule has 0 radical (unpaired) electrons. The minimum atomic E-state index is -0.235. The van der Waals surface area contributed by atoms with Gasteiger partial charge in [-0.05, 0) is 74.0 Å². The minimum Gasteiger partial charge on any atom is -0.329 e. The summed E-state index contributed by atoms with van der Waals surface area (Å²) < 4.78 is 15.5. The van der Waals surface area contributed by atoms with Gasteiger partial charge in [-0.1, -0.05) is 18.0 Å². The first-order valence-electron chi connectivity index (χ1n) is 9.18. The molecule has 4 rings (SSSR count). The SMILES string of the molecule is NCC(c1cn(-c2ccc(F)cc2)c2ccc(Cl)cc12)N1CCCCC1. The smallest absolute Gasteiger partial charge is 0.123 e. The molecule has 1 atom stereocenters. The average Bonchev–Trinajstić information content (AvgIpc) is 3.02. The largest absolute Gasteiger partial charge is 0.329 e. The van der Waals surface area contributed by atoms with Crippen LogP contribution in [0.15, 0.2) is 48.7 Å². The van der Waals surface area contributed by atoms with Crippen molar-refractivity contribution in [3.05, 3.63) is 65.1 Å². The molecule has 3 nitrogen and oxygen atoms in total. The van der Waals surface area contributed by atoms with Crippen molar-refractivity contribution in [2.24, 2.45) is 5.73 Å². The Labute approximate surface area is 158 Å². The van der Waals surface area contributed by atoms with E-state index in [0.717, 1.165) is 29.7 Å². The van der Waals surface area contributed by atoms with Crippen molar-refractivity contribution in [1.82, 2.24) is 9.47 Å². The van der Waals surface area contributed by atoms with E-state index in [1.54, 1.807) is 12.1 Å². The number of hydrogen-bond acceptors (Lipinski definition) is 2. The molecule has 136 valence electrons. The third kappa shape index (κ3) is 3.25. The van der Waals surface area contributed by atoms with Crippen molar-refractivity contribution < 1.29 is 4.39 Å². The molecule has 26 heavy (non-hydrogen) atoms. The van der Waals surface area contributed by atoms with Gasteiger partial charge in [0.05, 0.1) is 5.52 Å². The molecule has 0 spiro atoms. The van der Waals surface area contributed by atoms with E-state index < -0.39 is 0 Å². The molecule has 1 aliphatic rings. The average molecular weight is 372 g/mol. The molecule has 3 aromatic rings. The fraction of sp³-hybridized carbons (Fsp3) is 0.333. The number of nitrogens with two attached hydrogens (primary N) is 1. The van der Waals surface area contributed by atoms with E-state index >= 15 is 0 Å². The first-order chi connectivity index (χ1) is 12.7. The minimum absolute atomic E-state index is 0.165. The first kappa shape index (κ1) is 17.5. The molecular formula is C21H23ClFN3. The Kier molecular flexibility index (Phi) is 4.98. The van der Waals surface area contributed by atoms with Crippen LogP contribution in [0.4, 0.5) is 4.39 Å². The third-order valence-electron chi connectivity index (χ3n) is 5.32. The standard InChI is InChI=1S/C21H23ClFN3/c22-15-4-9-20-18(12-15)19(21(13-24)25-10-2-1-3-11-25)14-26(20)17-7-5-16(23)6-8-17/h4-9,12,14,21H,1-3,10-11,13,24H2. The lowest BCUT2D eigenvalue weighted by atomic mass is 10.0. The molecule has 0 bridgehead atoms. The lowest BCUT2D eigenvalue weighted by Crippen LogP contribution is -2.37. The van der Waals surface area contributed by atoms with Gasteiger partial charge in [-0.2, -0.15) is 0 Å². The molecule has 1 aromatic heterocycles. The van der Waals surface area contributed by atoms with Crippen LogP contribution in [0.3, 0.4) is 0 Å². The van der Waals surface area contributed by atoms with Crippen molar-refractivity contribution in [3.63, 3.8) is 0 Å². The van der Waals surface area contributed by atoms with Gasteiger partial charge < -0.3 is 10.3 Å².